The molecule has 1 aliphatic carbocycles. The lowest BCUT2D eigenvalue weighted by molar-refractivity contribution is -0.150. The number of rotatable bonds is 4. The topological polar surface area (TPSA) is 46.5 Å². The summed E-state index contributed by atoms with van der Waals surface area (Å²) < 4.78 is 4.38. The third-order valence-electron chi connectivity index (χ3n) is 2.02. The zero-order valence-corrected chi connectivity index (χ0v) is 6.75. The molecule has 0 aliphatic heterocycles. The van der Waals surface area contributed by atoms with E-state index in [0.29, 0.717) is 6.42 Å². The number of methoxy groups -OCH3 is 1. The Balaban J connectivity index is 2.08. The predicted octanol–water partition coefficient (Wildman–Crippen LogP) is 0.710. The van der Waals surface area contributed by atoms with Gasteiger partial charge in [0.05, 0.1) is 7.11 Å². The minimum atomic E-state index is -0.902. The van der Waals surface area contributed by atoms with E-state index in [1.54, 1.807) is 0 Å². The highest BCUT2D eigenvalue weighted by Crippen LogP contribution is 2.33. The maximum Gasteiger partial charge on any atom is 0.334 e. The third kappa shape index (κ3) is 2.89. The molecule has 0 spiro atoms. The van der Waals surface area contributed by atoms with Gasteiger partial charge in [0, 0.05) is 0 Å². The fourth-order valence-electron chi connectivity index (χ4n) is 1.05. The van der Waals surface area contributed by atoms with Crippen molar-refractivity contribution in [3.05, 3.63) is 0 Å². The molecule has 3 heteroatoms. The first kappa shape index (κ1) is 8.53. The number of carbonyl (C=O) groups excluding carboxylic acids is 1. The van der Waals surface area contributed by atoms with Crippen LogP contribution in [0.5, 0.6) is 0 Å². The van der Waals surface area contributed by atoms with Crippen molar-refractivity contribution in [1.82, 2.24) is 0 Å². The van der Waals surface area contributed by atoms with E-state index in [-0.39, 0.29) is 0 Å². The van der Waals surface area contributed by atoms with E-state index < -0.39 is 12.1 Å². The Morgan fingerprint density at radius 3 is 2.82 bits per heavy atom. The van der Waals surface area contributed by atoms with Crippen LogP contribution in [0.3, 0.4) is 0 Å². The van der Waals surface area contributed by atoms with Gasteiger partial charge in [-0.15, -0.1) is 0 Å². The van der Waals surface area contributed by atoms with E-state index in [9.17, 15) is 4.79 Å². The molecule has 0 bridgehead atoms. The first-order valence-corrected chi connectivity index (χ1v) is 4.00. The fraction of sp³-hybridized carbons (Fsp3) is 0.875. The fourth-order valence-corrected chi connectivity index (χ4v) is 1.05. The maximum atomic E-state index is 10.7. The molecule has 0 aromatic heterocycles. The SMILES string of the molecule is COC(=O)C(O)CCC1CC1. The van der Waals surface area contributed by atoms with Crippen LogP contribution in [0.25, 0.3) is 0 Å². The summed E-state index contributed by atoms with van der Waals surface area (Å²) in [6.45, 7) is 0. The summed E-state index contributed by atoms with van der Waals surface area (Å²) in [5.74, 6) is 0.250. The highest BCUT2D eigenvalue weighted by Gasteiger charge is 2.24. The van der Waals surface area contributed by atoms with E-state index in [1.807, 2.05) is 0 Å². The van der Waals surface area contributed by atoms with Crippen LogP contribution in [-0.4, -0.2) is 24.3 Å². The summed E-state index contributed by atoms with van der Waals surface area (Å²) in [6, 6.07) is 0. The Morgan fingerprint density at radius 2 is 2.36 bits per heavy atom. The summed E-state index contributed by atoms with van der Waals surface area (Å²) in [7, 11) is 1.29. The number of aliphatic hydroxyl groups excluding tert-OH is 1. The van der Waals surface area contributed by atoms with E-state index in [1.165, 1.54) is 20.0 Å². The highest BCUT2D eigenvalue weighted by molar-refractivity contribution is 5.74. The first-order valence-electron chi connectivity index (χ1n) is 4.00. The number of hydrogen-bond acceptors (Lipinski definition) is 3. The maximum absolute atomic E-state index is 10.7. The van der Waals surface area contributed by atoms with Gasteiger partial charge in [-0.1, -0.05) is 12.8 Å². The van der Waals surface area contributed by atoms with Crippen molar-refractivity contribution in [2.24, 2.45) is 5.92 Å². The number of hydrogen-bond donors (Lipinski definition) is 1. The van der Waals surface area contributed by atoms with E-state index in [2.05, 4.69) is 4.74 Å². The van der Waals surface area contributed by atoms with Crippen molar-refractivity contribution in [2.45, 2.75) is 31.8 Å². The van der Waals surface area contributed by atoms with Crippen LogP contribution in [0.15, 0.2) is 0 Å². The van der Waals surface area contributed by atoms with Gasteiger partial charge in [-0.3, -0.25) is 0 Å². The molecule has 64 valence electrons. The molecule has 0 heterocycles. The van der Waals surface area contributed by atoms with Crippen LogP contribution in [0, 0.1) is 5.92 Å². The van der Waals surface area contributed by atoms with Gasteiger partial charge in [0.15, 0.2) is 6.10 Å². The van der Waals surface area contributed by atoms with Gasteiger partial charge >= 0.3 is 5.97 Å². The van der Waals surface area contributed by atoms with Crippen LogP contribution in [0.4, 0.5) is 0 Å². The number of carbonyl (C=O) groups is 1. The molecular weight excluding hydrogens is 144 g/mol. The molecule has 0 saturated heterocycles. The quantitative estimate of drug-likeness (QED) is 0.613. The summed E-state index contributed by atoms with van der Waals surface area (Å²) in [6.07, 6.45) is 3.12. The average molecular weight is 158 g/mol. The zero-order chi connectivity index (χ0) is 8.27. The highest BCUT2D eigenvalue weighted by atomic mass is 16.5. The van der Waals surface area contributed by atoms with E-state index in [4.69, 9.17) is 5.11 Å². The minimum Gasteiger partial charge on any atom is -0.467 e. The van der Waals surface area contributed by atoms with Gasteiger partial charge in [0.2, 0.25) is 0 Å². The molecule has 1 unspecified atom stereocenters. The third-order valence-corrected chi connectivity index (χ3v) is 2.02. The second-order valence-corrected chi connectivity index (χ2v) is 3.06. The van der Waals surface area contributed by atoms with Gasteiger partial charge in [-0.2, -0.15) is 0 Å². The number of ether oxygens (including phenoxy) is 1. The van der Waals surface area contributed by atoms with Gasteiger partial charge < -0.3 is 9.84 Å². The number of aliphatic hydroxyl groups is 1. The molecule has 1 rings (SSSR count). The summed E-state index contributed by atoms with van der Waals surface area (Å²) in [5.41, 5.74) is 0. The molecule has 1 atom stereocenters. The van der Waals surface area contributed by atoms with Crippen LogP contribution < -0.4 is 0 Å². The standard InChI is InChI=1S/C8H14O3/c1-11-8(10)7(9)5-4-6-2-3-6/h6-7,9H,2-5H2,1H3. The van der Waals surface area contributed by atoms with Crippen LogP contribution in [0.1, 0.15) is 25.7 Å². The van der Waals surface area contributed by atoms with Crippen molar-refractivity contribution in [3.63, 3.8) is 0 Å². The van der Waals surface area contributed by atoms with Crippen molar-refractivity contribution >= 4 is 5.97 Å². The molecule has 0 radical (unpaired) electrons. The molecule has 11 heavy (non-hydrogen) atoms. The summed E-state index contributed by atoms with van der Waals surface area (Å²) in [5, 5.41) is 9.12. The lowest BCUT2D eigenvalue weighted by Crippen LogP contribution is -2.21. The smallest absolute Gasteiger partial charge is 0.334 e. The largest absolute Gasteiger partial charge is 0.467 e. The molecule has 0 aromatic rings. The Kier molecular flexibility index (Phi) is 2.88. The molecule has 1 N–H and O–H groups in total. The molecule has 0 aromatic carbocycles. The average Bonchev–Trinajstić information content (AvgIpc) is 2.81. The summed E-state index contributed by atoms with van der Waals surface area (Å²) >= 11 is 0. The van der Waals surface area contributed by atoms with Gasteiger partial charge in [-0.05, 0) is 18.8 Å². The van der Waals surface area contributed by atoms with Crippen LogP contribution in [-0.2, 0) is 9.53 Å². The van der Waals surface area contributed by atoms with Gasteiger partial charge in [-0.25, -0.2) is 4.79 Å². The normalized spacial score (nSPS) is 19.5. The van der Waals surface area contributed by atoms with Crippen molar-refractivity contribution < 1.29 is 14.6 Å². The lowest BCUT2D eigenvalue weighted by Gasteiger charge is -2.06. The van der Waals surface area contributed by atoms with Crippen LogP contribution >= 0.6 is 0 Å². The second-order valence-electron chi connectivity index (χ2n) is 3.06. The Hall–Kier alpha value is -0.570. The van der Waals surface area contributed by atoms with Gasteiger partial charge in [0.1, 0.15) is 0 Å². The molecule has 1 fully saturated rings. The Labute approximate surface area is 66.4 Å². The van der Waals surface area contributed by atoms with E-state index >= 15 is 0 Å². The Bertz CT molecular complexity index is 140. The molecule has 1 saturated carbocycles. The van der Waals surface area contributed by atoms with Gasteiger partial charge in [0.25, 0.3) is 0 Å². The minimum absolute atomic E-state index is 0.509. The lowest BCUT2D eigenvalue weighted by atomic mass is 10.1. The zero-order valence-electron chi connectivity index (χ0n) is 6.75. The first-order chi connectivity index (χ1) is 5.24. The predicted molar refractivity (Wildman–Crippen MR) is 40.0 cm³/mol. The van der Waals surface area contributed by atoms with Crippen molar-refractivity contribution in [1.29, 1.82) is 0 Å². The summed E-state index contributed by atoms with van der Waals surface area (Å²) in [4.78, 5) is 10.7. The Morgan fingerprint density at radius 1 is 1.73 bits per heavy atom. The molecular formula is C8H14O3. The molecule has 1 aliphatic rings. The molecule has 3 nitrogen and oxygen atoms in total. The van der Waals surface area contributed by atoms with Crippen molar-refractivity contribution in [2.75, 3.05) is 7.11 Å². The second kappa shape index (κ2) is 3.72. The van der Waals surface area contributed by atoms with Crippen molar-refractivity contribution in [3.8, 4) is 0 Å². The van der Waals surface area contributed by atoms with Crippen LogP contribution in [0.2, 0.25) is 0 Å². The molecule has 0 amide bonds. The van der Waals surface area contributed by atoms with E-state index in [0.717, 1.165) is 12.3 Å². The monoisotopic (exact) mass is 158 g/mol. The number of esters is 1.